The average Bonchev–Trinajstić information content (AvgIpc) is 3.29. The predicted octanol–water partition coefficient (Wildman–Crippen LogP) is 2.12. The van der Waals surface area contributed by atoms with Crippen LogP contribution in [0.4, 0.5) is 11.4 Å². The molecule has 2 aromatic rings. The molecule has 9 nitrogen and oxygen atoms in total. The van der Waals surface area contributed by atoms with Crippen LogP contribution in [0.2, 0.25) is 0 Å². The molecule has 2 N–H and O–H groups in total. The molecule has 2 aliphatic rings. The SMILES string of the molecule is Cc1ccc(NC(=O)C(=O)NCC2CCN(C(=O)c3cccnc3)CC2)cc1N1CCCC1=O. The monoisotopic (exact) mass is 463 g/mol. The summed E-state index contributed by atoms with van der Waals surface area (Å²) in [6.07, 6.45) is 6.03. The highest BCUT2D eigenvalue weighted by molar-refractivity contribution is 6.39. The largest absolute Gasteiger partial charge is 0.348 e. The summed E-state index contributed by atoms with van der Waals surface area (Å²) in [4.78, 5) is 56.9. The van der Waals surface area contributed by atoms with Gasteiger partial charge in [0.25, 0.3) is 5.91 Å². The normalized spacial score (nSPS) is 16.4. The molecule has 4 rings (SSSR count). The summed E-state index contributed by atoms with van der Waals surface area (Å²) in [6, 6.07) is 8.78. The van der Waals surface area contributed by atoms with Crippen LogP contribution in [0, 0.1) is 12.8 Å². The molecule has 178 valence electrons. The van der Waals surface area contributed by atoms with Gasteiger partial charge in [-0.15, -0.1) is 0 Å². The second-order valence-corrected chi connectivity index (χ2v) is 8.79. The fraction of sp³-hybridized carbons (Fsp3) is 0.400. The highest BCUT2D eigenvalue weighted by atomic mass is 16.2. The first-order valence-corrected chi connectivity index (χ1v) is 11.6. The highest BCUT2D eigenvalue weighted by Gasteiger charge is 2.26. The first-order chi connectivity index (χ1) is 16.4. The minimum atomic E-state index is -0.744. The Morgan fingerprint density at radius 2 is 1.88 bits per heavy atom. The first kappa shape index (κ1) is 23.4. The molecule has 0 saturated carbocycles. The standard InChI is InChI=1S/C25H29N5O4/c1-17-6-7-20(14-21(17)30-11-3-5-22(30)31)28-24(33)23(32)27-15-18-8-12-29(13-9-18)25(34)19-4-2-10-26-16-19/h2,4,6-7,10,14,16,18H,3,5,8-9,11-13,15H2,1H3,(H,27,32)(H,28,33). The molecule has 2 saturated heterocycles. The number of rotatable bonds is 5. The van der Waals surface area contributed by atoms with Crippen LogP contribution < -0.4 is 15.5 Å². The maximum absolute atomic E-state index is 12.5. The Labute approximate surface area is 198 Å². The number of aryl methyl sites for hydroxylation is 1. The van der Waals surface area contributed by atoms with E-state index in [-0.39, 0.29) is 17.7 Å². The molecular weight excluding hydrogens is 434 g/mol. The van der Waals surface area contributed by atoms with Gasteiger partial charge < -0.3 is 20.4 Å². The quantitative estimate of drug-likeness (QED) is 0.660. The second-order valence-electron chi connectivity index (χ2n) is 8.79. The molecule has 0 atom stereocenters. The molecule has 0 unspecified atom stereocenters. The lowest BCUT2D eigenvalue weighted by atomic mass is 9.96. The lowest BCUT2D eigenvalue weighted by Crippen LogP contribution is -2.43. The number of carbonyl (C=O) groups is 4. The Bertz CT molecular complexity index is 1080. The zero-order valence-corrected chi connectivity index (χ0v) is 19.3. The summed E-state index contributed by atoms with van der Waals surface area (Å²) >= 11 is 0. The number of benzene rings is 1. The van der Waals surface area contributed by atoms with Gasteiger partial charge >= 0.3 is 11.8 Å². The van der Waals surface area contributed by atoms with Crippen molar-refractivity contribution in [2.45, 2.75) is 32.6 Å². The van der Waals surface area contributed by atoms with Crippen LogP contribution in [0.5, 0.6) is 0 Å². The number of pyridine rings is 1. The second kappa shape index (κ2) is 10.5. The van der Waals surface area contributed by atoms with E-state index in [1.54, 1.807) is 46.5 Å². The number of nitrogens with one attached hydrogen (secondary N) is 2. The molecule has 34 heavy (non-hydrogen) atoms. The number of likely N-dealkylation sites (tertiary alicyclic amines) is 1. The summed E-state index contributed by atoms with van der Waals surface area (Å²) in [6.45, 7) is 4.14. The molecule has 0 aliphatic carbocycles. The third-order valence-corrected chi connectivity index (χ3v) is 6.40. The Balaban J connectivity index is 1.24. The smallest absolute Gasteiger partial charge is 0.313 e. The Morgan fingerprint density at radius 3 is 2.56 bits per heavy atom. The highest BCUT2D eigenvalue weighted by Crippen LogP contribution is 2.28. The third-order valence-electron chi connectivity index (χ3n) is 6.40. The zero-order valence-electron chi connectivity index (χ0n) is 19.3. The fourth-order valence-corrected chi connectivity index (χ4v) is 4.40. The van der Waals surface area contributed by atoms with Crippen molar-refractivity contribution in [2.75, 3.05) is 36.4 Å². The number of nitrogens with zero attached hydrogens (tertiary/aromatic N) is 3. The number of hydrogen-bond donors (Lipinski definition) is 2. The lowest BCUT2D eigenvalue weighted by molar-refractivity contribution is -0.136. The van der Waals surface area contributed by atoms with Crippen molar-refractivity contribution in [3.8, 4) is 0 Å². The number of piperidine rings is 1. The van der Waals surface area contributed by atoms with Gasteiger partial charge in [-0.2, -0.15) is 0 Å². The Hall–Kier alpha value is -3.75. The van der Waals surface area contributed by atoms with Crippen molar-refractivity contribution in [3.05, 3.63) is 53.9 Å². The molecule has 1 aromatic heterocycles. The molecular formula is C25H29N5O4. The van der Waals surface area contributed by atoms with Gasteiger partial charge in [-0.05, 0) is 61.9 Å². The maximum Gasteiger partial charge on any atom is 0.313 e. The maximum atomic E-state index is 12.5. The van der Waals surface area contributed by atoms with Crippen molar-refractivity contribution in [1.82, 2.24) is 15.2 Å². The number of aromatic nitrogens is 1. The van der Waals surface area contributed by atoms with Crippen LogP contribution in [0.25, 0.3) is 0 Å². The number of amides is 4. The van der Waals surface area contributed by atoms with Crippen molar-refractivity contribution in [3.63, 3.8) is 0 Å². The van der Waals surface area contributed by atoms with Crippen molar-refractivity contribution < 1.29 is 19.2 Å². The topological polar surface area (TPSA) is 112 Å². The number of carbonyl (C=O) groups excluding carboxylic acids is 4. The Kier molecular flexibility index (Phi) is 7.20. The van der Waals surface area contributed by atoms with E-state index in [2.05, 4.69) is 15.6 Å². The van der Waals surface area contributed by atoms with Gasteiger partial charge in [0.05, 0.1) is 5.56 Å². The van der Waals surface area contributed by atoms with Gasteiger partial charge in [0, 0.05) is 56.4 Å². The van der Waals surface area contributed by atoms with E-state index < -0.39 is 11.8 Å². The van der Waals surface area contributed by atoms with E-state index in [4.69, 9.17) is 0 Å². The van der Waals surface area contributed by atoms with Crippen LogP contribution >= 0.6 is 0 Å². The van der Waals surface area contributed by atoms with Gasteiger partial charge in [-0.25, -0.2) is 0 Å². The van der Waals surface area contributed by atoms with Crippen molar-refractivity contribution in [2.24, 2.45) is 5.92 Å². The molecule has 0 radical (unpaired) electrons. The molecule has 0 bridgehead atoms. The van der Waals surface area contributed by atoms with Gasteiger partial charge in [0.1, 0.15) is 0 Å². The molecule has 2 aliphatic heterocycles. The van der Waals surface area contributed by atoms with E-state index >= 15 is 0 Å². The molecule has 1 aromatic carbocycles. The number of hydrogen-bond acceptors (Lipinski definition) is 5. The van der Waals surface area contributed by atoms with E-state index in [9.17, 15) is 19.2 Å². The summed E-state index contributed by atoms with van der Waals surface area (Å²) in [5.74, 6) is -1.22. The Morgan fingerprint density at radius 1 is 1.09 bits per heavy atom. The van der Waals surface area contributed by atoms with Crippen LogP contribution in [0.15, 0.2) is 42.7 Å². The van der Waals surface area contributed by atoms with Crippen molar-refractivity contribution >= 4 is 35.0 Å². The van der Waals surface area contributed by atoms with Gasteiger partial charge in [0.2, 0.25) is 5.91 Å². The molecule has 4 amide bonds. The molecule has 2 fully saturated rings. The van der Waals surface area contributed by atoms with E-state index in [0.29, 0.717) is 43.9 Å². The van der Waals surface area contributed by atoms with E-state index in [1.165, 1.54) is 0 Å². The van der Waals surface area contributed by atoms with Crippen molar-refractivity contribution in [1.29, 1.82) is 0 Å². The van der Waals surface area contributed by atoms with Crippen LogP contribution in [-0.4, -0.2) is 59.7 Å². The van der Waals surface area contributed by atoms with Crippen LogP contribution in [0.3, 0.4) is 0 Å². The van der Waals surface area contributed by atoms with E-state index in [0.717, 1.165) is 30.5 Å². The summed E-state index contributed by atoms with van der Waals surface area (Å²) < 4.78 is 0. The van der Waals surface area contributed by atoms with Gasteiger partial charge in [0.15, 0.2) is 0 Å². The van der Waals surface area contributed by atoms with Gasteiger partial charge in [-0.1, -0.05) is 6.07 Å². The van der Waals surface area contributed by atoms with Crippen LogP contribution in [-0.2, 0) is 14.4 Å². The lowest BCUT2D eigenvalue weighted by Gasteiger charge is -2.32. The summed E-state index contributed by atoms with van der Waals surface area (Å²) in [5, 5.41) is 5.34. The molecule has 0 spiro atoms. The molecule has 3 heterocycles. The zero-order chi connectivity index (χ0) is 24.1. The van der Waals surface area contributed by atoms with E-state index in [1.807, 2.05) is 13.0 Å². The minimum absolute atomic E-state index is 0.0388. The third kappa shape index (κ3) is 5.41. The summed E-state index contributed by atoms with van der Waals surface area (Å²) in [7, 11) is 0. The summed E-state index contributed by atoms with van der Waals surface area (Å²) in [5.41, 5.74) is 2.74. The molecule has 9 heteroatoms. The van der Waals surface area contributed by atoms with Crippen LogP contribution in [0.1, 0.15) is 41.6 Å². The van der Waals surface area contributed by atoms with Gasteiger partial charge in [-0.3, -0.25) is 24.2 Å². The average molecular weight is 464 g/mol. The first-order valence-electron chi connectivity index (χ1n) is 11.6. The predicted molar refractivity (Wildman–Crippen MR) is 127 cm³/mol. The fourth-order valence-electron chi connectivity index (χ4n) is 4.40. The minimum Gasteiger partial charge on any atom is -0.348 e. The number of anilines is 2.